The van der Waals surface area contributed by atoms with Gasteiger partial charge in [0.05, 0.1) is 12.1 Å². The summed E-state index contributed by atoms with van der Waals surface area (Å²) in [6.45, 7) is 7.01. The van der Waals surface area contributed by atoms with Gasteiger partial charge in [-0.15, -0.1) is 0 Å². The highest BCUT2D eigenvalue weighted by atomic mass is 32.2. The molecule has 2 amide bonds. The molecule has 0 unspecified atom stereocenters. The summed E-state index contributed by atoms with van der Waals surface area (Å²) in [5.74, 6) is -1.42. The van der Waals surface area contributed by atoms with Crippen molar-refractivity contribution < 1.29 is 32.3 Å². The molecule has 4 atom stereocenters. The summed E-state index contributed by atoms with van der Waals surface area (Å²) < 4.78 is 33.3. The summed E-state index contributed by atoms with van der Waals surface area (Å²) in [5.41, 5.74) is 1.24. The number of sulfonamides is 1. The molecule has 2 aliphatic heterocycles. The number of aliphatic imine (C=N–C) groups is 1. The first-order chi connectivity index (χ1) is 18.9. The number of carbonyl (C=O) groups excluding carboxylic acids is 3. The summed E-state index contributed by atoms with van der Waals surface area (Å²) in [6.07, 6.45) is 2.43. The molecule has 216 valence electrons. The number of hydrogen-bond donors (Lipinski definition) is 3. The predicted molar refractivity (Wildman–Crippen MR) is 150 cm³/mol. The highest BCUT2D eigenvalue weighted by Gasteiger charge is 2.41. The van der Waals surface area contributed by atoms with Gasteiger partial charge < -0.3 is 20.2 Å². The summed E-state index contributed by atoms with van der Waals surface area (Å²) in [5, 5.41) is 16.9. The minimum absolute atomic E-state index is 0.0575. The Morgan fingerprint density at radius 1 is 1.23 bits per heavy atom. The van der Waals surface area contributed by atoms with E-state index < -0.39 is 56.9 Å². The molecule has 40 heavy (non-hydrogen) atoms. The molecule has 1 aromatic carbocycles. The average molecular weight is 573 g/mol. The fourth-order valence-electron chi connectivity index (χ4n) is 5.11. The van der Waals surface area contributed by atoms with E-state index in [1.807, 2.05) is 32.0 Å². The zero-order valence-electron chi connectivity index (χ0n) is 23.1. The molecule has 2 aromatic rings. The number of nitrogens with one attached hydrogen (secondary N) is 2. The number of aliphatic hydroxyl groups excluding tert-OH is 1. The first-order valence-corrected chi connectivity index (χ1v) is 14.9. The fraction of sp³-hybridized carbons (Fsp3) is 0.500. The Morgan fingerprint density at radius 2 is 1.95 bits per heavy atom. The van der Waals surface area contributed by atoms with Gasteiger partial charge in [-0.25, -0.2) is 13.4 Å². The highest BCUT2D eigenvalue weighted by Crippen LogP contribution is 2.26. The lowest BCUT2D eigenvalue weighted by molar-refractivity contribution is -0.125. The maximum absolute atomic E-state index is 13.4. The molecule has 12 heteroatoms. The zero-order chi connectivity index (χ0) is 29.2. The van der Waals surface area contributed by atoms with E-state index in [2.05, 4.69) is 15.6 Å². The molecule has 3 N–H and O–H groups in total. The van der Waals surface area contributed by atoms with Crippen LogP contribution in [0.1, 0.15) is 62.6 Å². The molecule has 0 spiro atoms. The lowest BCUT2D eigenvalue weighted by Crippen LogP contribution is -2.54. The van der Waals surface area contributed by atoms with Gasteiger partial charge >= 0.3 is 0 Å². The van der Waals surface area contributed by atoms with E-state index in [1.54, 1.807) is 19.9 Å². The monoisotopic (exact) mass is 572 g/mol. The molecule has 4 rings (SSSR count). The van der Waals surface area contributed by atoms with E-state index in [4.69, 9.17) is 4.42 Å². The van der Waals surface area contributed by atoms with Crippen LogP contribution in [-0.2, 0) is 19.6 Å². The quantitative estimate of drug-likeness (QED) is 0.460. The first-order valence-electron chi connectivity index (χ1n) is 13.5. The molecule has 3 heterocycles. The number of furan rings is 1. The van der Waals surface area contributed by atoms with Gasteiger partial charge in [0.1, 0.15) is 11.6 Å². The van der Waals surface area contributed by atoms with E-state index in [-0.39, 0.29) is 24.6 Å². The molecule has 2 aliphatic rings. The summed E-state index contributed by atoms with van der Waals surface area (Å²) in [7, 11) is -4.24. The van der Waals surface area contributed by atoms with Crippen molar-refractivity contribution in [1.82, 2.24) is 14.9 Å². The number of para-hydroxylation sites is 1. The second kappa shape index (κ2) is 12.0. The number of ketones is 1. The van der Waals surface area contributed by atoms with Crippen LogP contribution in [-0.4, -0.2) is 71.2 Å². The summed E-state index contributed by atoms with van der Waals surface area (Å²) in [4.78, 5) is 42.6. The number of allylic oxidation sites excluding steroid dienone is 1. The molecule has 11 nitrogen and oxygen atoms in total. The molecular formula is C28H36N4O7S. The lowest BCUT2D eigenvalue weighted by atomic mass is 10.0. The topological polar surface area (TPSA) is 158 Å². The first kappa shape index (κ1) is 29.6. The number of hydrogen-bond acceptors (Lipinski definition) is 8. The highest BCUT2D eigenvalue weighted by molar-refractivity contribution is 8.06. The van der Waals surface area contributed by atoms with Crippen LogP contribution in [0.3, 0.4) is 0 Å². The zero-order valence-corrected chi connectivity index (χ0v) is 23.9. The van der Waals surface area contributed by atoms with E-state index in [0.717, 1.165) is 9.69 Å². The number of benzene rings is 1. The van der Waals surface area contributed by atoms with Crippen molar-refractivity contribution in [3.05, 3.63) is 47.9 Å². The Kier molecular flexibility index (Phi) is 8.91. The molecule has 0 aliphatic carbocycles. The Morgan fingerprint density at radius 3 is 2.62 bits per heavy atom. The Balaban J connectivity index is 1.48. The second-order valence-corrected chi connectivity index (χ2v) is 12.6. The maximum Gasteiger partial charge on any atom is 0.287 e. The Bertz CT molecular complexity index is 1460. The van der Waals surface area contributed by atoms with Crippen LogP contribution in [0, 0.1) is 12.8 Å². The number of carbonyl (C=O) groups is 3. The predicted octanol–water partition coefficient (Wildman–Crippen LogP) is 2.43. The van der Waals surface area contributed by atoms with Crippen LogP contribution < -0.4 is 10.6 Å². The lowest BCUT2D eigenvalue weighted by Gasteiger charge is -2.29. The van der Waals surface area contributed by atoms with Gasteiger partial charge in [-0.05, 0) is 45.1 Å². The van der Waals surface area contributed by atoms with Gasteiger partial charge in [-0.2, -0.15) is 4.31 Å². The third kappa shape index (κ3) is 6.18. The van der Waals surface area contributed by atoms with Crippen molar-refractivity contribution in [3.63, 3.8) is 0 Å². The number of nitrogens with zero attached hydrogens (tertiary/aromatic N) is 2. The van der Waals surface area contributed by atoms with Crippen LogP contribution >= 0.6 is 0 Å². The number of fused-ring (bicyclic) bond motifs is 1. The molecule has 1 aromatic heterocycles. The van der Waals surface area contributed by atoms with Crippen LogP contribution in [0.5, 0.6) is 0 Å². The summed E-state index contributed by atoms with van der Waals surface area (Å²) >= 11 is 0. The second-order valence-electron chi connectivity index (χ2n) is 10.8. The van der Waals surface area contributed by atoms with Crippen molar-refractivity contribution >= 4 is 43.6 Å². The smallest absolute Gasteiger partial charge is 0.287 e. The molecule has 1 saturated heterocycles. The van der Waals surface area contributed by atoms with E-state index >= 15 is 0 Å². The van der Waals surface area contributed by atoms with Crippen molar-refractivity contribution in [2.24, 2.45) is 10.9 Å². The number of β-amino-alcohol motifs (C(OH)–C–C–N with tert-alkyl or cyclic N) is 1. The van der Waals surface area contributed by atoms with Gasteiger partial charge in [-0.1, -0.05) is 38.1 Å². The van der Waals surface area contributed by atoms with Gasteiger partial charge in [-0.3, -0.25) is 14.4 Å². The van der Waals surface area contributed by atoms with Crippen LogP contribution in [0.25, 0.3) is 11.0 Å². The third-order valence-corrected chi connectivity index (χ3v) is 9.27. The minimum atomic E-state index is -4.24. The van der Waals surface area contributed by atoms with Gasteiger partial charge in [0.25, 0.3) is 15.9 Å². The van der Waals surface area contributed by atoms with Crippen LogP contribution in [0.15, 0.2) is 46.0 Å². The summed E-state index contributed by atoms with van der Waals surface area (Å²) in [6, 6.07) is 5.07. The van der Waals surface area contributed by atoms with Gasteiger partial charge in [0.2, 0.25) is 11.0 Å². The standard InChI is InChI=1S/C28H36N4O7S/c1-16(2)14-21(31-27(36)25-18(4)19-8-5-6-10-24(19)39-25)26(35)30-20-12-11-17(3)32(15-23(20)34)40(37,38)28-22(33)9-7-13-29-28/h5-8,10,13,16-17,20-21,23,34H,9,11-12,14-15H2,1-4H3,(H,30,35)(H,31,36)/t17-,20+,21+,23+/m1/s1. The molecule has 1 fully saturated rings. The van der Waals surface area contributed by atoms with Crippen LogP contribution in [0.2, 0.25) is 0 Å². The molecule has 0 bridgehead atoms. The Labute approximate surface area is 233 Å². The SMILES string of the molecule is Cc1c(C(=O)N[C@@H](CC(C)C)C(=O)N[C@H]2CC[C@@H](C)N(S(=O)(=O)C3=NC=CCC3=O)C[C@@H]2O)oc2ccccc12. The van der Waals surface area contributed by atoms with Crippen molar-refractivity contribution in [2.75, 3.05) is 6.54 Å². The average Bonchev–Trinajstić information content (AvgIpc) is 3.17. The van der Waals surface area contributed by atoms with Gasteiger partial charge in [0.15, 0.2) is 11.5 Å². The number of rotatable bonds is 7. The molecule has 0 radical (unpaired) electrons. The van der Waals surface area contributed by atoms with Crippen LogP contribution in [0.4, 0.5) is 0 Å². The van der Waals surface area contributed by atoms with E-state index in [0.29, 0.717) is 30.4 Å². The minimum Gasteiger partial charge on any atom is -0.451 e. The number of aryl methyl sites for hydroxylation is 1. The van der Waals surface area contributed by atoms with E-state index in [1.165, 1.54) is 12.3 Å². The normalized spacial score (nSPS) is 23.1. The van der Waals surface area contributed by atoms with Crippen molar-refractivity contribution in [1.29, 1.82) is 0 Å². The molecular weight excluding hydrogens is 536 g/mol. The largest absolute Gasteiger partial charge is 0.451 e. The number of Topliss-reactive ketones (excluding diaryl/α,β-unsaturated/α-hetero) is 1. The van der Waals surface area contributed by atoms with Crippen molar-refractivity contribution in [2.45, 2.75) is 77.6 Å². The van der Waals surface area contributed by atoms with Gasteiger partial charge in [0, 0.05) is 36.2 Å². The number of aliphatic hydroxyl groups is 1. The molecule has 0 saturated carbocycles. The third-order valence-electron chi connectivity index (χ3n) is 7.32. The maximum atomic E-state index is 13.4. The van der Waals surface area contributed by atoms with Crippen molar-refractivity contribution in [3.8, 4) is 0 Å². The van der Waals surface area contributed by atoms with E-state index in [9.17, 15) is 27.9 Å². The number of amides is 2. The Hall–Kier alpha value is -3.35. The fourth-order valence-corrected chi connectivity index (χ4v) is 6.83.